The molecule has 0 bridgehead atoms. The van der Waals surface area contributed by atoms with Gasteiger partial charge in [-0.05, 0) is 6.92 Å². The van der Waals surface area contributed by atoms with Crippen molar-refractivity contribution in [3.63, 3.8) is 0 Å². The minimum Gasteiger partial charge on any atom is -0.300 e. The monoisotopic (exact) mass is 142 g/mol. The first-order chi connectivity index (χ1) is 4.77. The van der Waals surface area contributed by atoms with E-state index in [1.807, 2.05) is 0 Å². The summed E-state index contributed by atoms with van der Waals surface area (Å²) in [6.45, 7) is 1.06. The van der Waals surface area contributed by atoms with Crippen molar-refractivity contribution in [3.8, 4) is 0 Å². The molecule has 0 rings (SSSR count). The molecule has 0 aromatic rings. The molecule has 0 aliphatic rings. The number of carbonyl (C=O) groups is 1. The lowest BCUT2D eigenvalue weighted by Crippen LogP contribution is -1.83. The van der Waals surface area contributed by atoms with Crippen LogP contribution in [0, 0.1) is 0 Å². The maximum absolute atomic E-state index is 11.4. The van der Waals surface area contributed by atoms with Crippen molar-refractivity contribution < 1.29 is 9.18 Å². The summed E-state index contributed by atoms with van der Waals surface area (Å²) in [6.07, 6.45) is 6.77. The largest absolute Gasteiger partial charge is 0.300 e. The summed E-state index contributed by atoms with van der Waals surface area (Å²) >= 11 is 0. The third kappa shape index (κ3) is 7.08. The van der Waals surface area contributed by atoms with Gasteiger partial charge in [0.05, 0.1) is 0 Å². The van der Waals surface area contributed by atoms with Crippen molar-refractivity contribution in [2.24, 2.45) is 0 Å². The van der Waals surface area contributed by atoms with E-state index in [1.165, 1.54) is 13.0 Å². The second-order valence-electron chi connectivity index (χ2n) is 1.92. The van der Waals surface area contributed by atoms with Gasteiger partial charge >= 0.3 is 0 Å². The molecule has 0 atom stereocenters. The fourth-order valence-electron chi connectivity index (χ4n) is 0.443. The third-order valence-corrected chi connectivity index (χ3v) is 0.878. The van der Waals surface area contributed by atoms with E-state index in [0.29, 0.717) is 6.42 Å². The molecule has 1 nitrogen and oxygen atoms in total. The van der Waals surface area contributed by atoms with Crippen molar-refractivity contribution in [1.29, 1.82) is 0 Å². The summed E-state index contributed by atoms with van der Waals surface area (Å²) in [6, 6.07) is 0. The van der Waals surface area contributed by atoms with Crippen LogP contribution in [-0.4, -0.2) is 12.5 Å². The Morgan fingerprint density at radius 2 is 2.00 bits per heavy atom. The van der Waals surface area contributed by atoms with E-state index in [0.717, 1.165) is 0 Å². The van der Waals surface area contributed by atoms with Crippen LogP contribution in [0.15, 0.2) is 24.3 Å². The number of carbonyl (C=O) groups excluding carboxylic acids is 1. The van der Waals surface area contributed by atoms with E-state index in [2.05, 4.69) is 0 Å². The number of Topliss-reactive ketones (excluding diaryl/α,β-unsaturated/α-hetero) is 1. The summed E-state index contributed by atoms with van der Waals surface area (Å²) in [4.78, 5) is 10.3. The predicted molar refractivity (Wildman–Crippen MR) is 39.6 cm³/mol. The van der Waals surface area contributed by atoms with Gasteiger partial charge in [-0.15, -0.1) is 0 Å². The first-order valence-electron chi connectivity index (χ1n) is 3.14. The van der Waals surface area contributed by atoms with Crippen molar-refractivity contribution in [2.45, 2.75) is 13.3 Å². The Balaban J connectivity index is 3.37. The van der Waals surface area contributed by atoms with Gasteiger partial charge in [0.15, 0.2) is 0 Å². The lowest BCUT2D eigenvalue weighted by molar-refractivity contribution is -0.116. The highest BCUT2D eigenvalue weighted by Crippen LogP contribution is 1.85. The summed E-state index contributed by atoms with van der Waals surface area (Å²) < 4.78 is 11.4. The van der Waals surface area contributed by atoms with Crippen LogP contribution in [0.25, 0.3) is 0 Å². The van der Waals surface area contributed by atoms with Crippen LogP contribution < -0.4 is 0 Å². The van der Waals surface area contributed by atoms with Crippen molar-refractivity contribution in [2.75, 3.05) is 6.67 Å². The van der Waals surface area contributed by atoms with Gasteiger partial charge in [-0.1, -0.05) is 24.3 Å². The molecule has 0 aliphatic heterocycles. The van der Waals surface area contributed by atoms with E-state index in [4.69, 9.17) is 0 Å². The highest BCUT2D eigenvalue weighted by molar-refractivity contribution is 5.76. The SMILES string of the molecule is CC(=O)C/C=C\C=C/CF. The van der Waals surface area contributed by atoms with Crippen LogP contribution >= 0.6 is 0 Å². The standard InChI is InChI=1S/C8H11FO/c1-8(10)6-4-2-3-5-7-9/h2-5H,6-7H2,1H3/b4-2-,5-3-. The maximum Gasteiger partial charge on any atom is 0.133 e. The van der Waals surface area contributed by atoms with Gasteiger partial charge in [-0.3, -0.25) is 4.79 Å². The molecule has 0 unspecified atom stereocenters. The van der Waals surface area contributed by atoms with Crippen LogP contribution in [0.3, 0.4) is 0 Å². The molecule has 0 aromatic carbocycles. The number of halogens is 1. The average Bonchev–Trinajstić information content (AvgIpc) is 1.87. The molecular formula is C8H11FO. The zero-order valence-corrected chi connectivity index (χ0v) is 6.01. The maximum atomic E-state index is 11.4. The highest BCUT2D eigenvalue weighted by atomic mass is 19.1. The molecule has 0 aromatic heterocycles. The van der Waals surface area contributed by atoms with Crippen molar-refractivity contribution in [3.05, 3.63) is 24.3 Å². The van der Waals surface area contributed by atoms with Gasteiger partial charge in [0.25, 0.3) is 0 Å². The Labute approximate surface area is 60.2 Å². The van der Waals surface area contributed by atoms with Gasteiger partial charge in [0.1, 0.15) is 12.5 Å². The molecule has 0 N–H and O–H groups in total. The van der Waals surface area contributed by atoms with Gasteiger partial charge < -0.3 is 0 Å². The highest BCUT2D eigenvalue weighted by Gasteiger charge is 1.82. The Kier molecular flexibility index (Phi) is 5.63. The number of hydrogen-bond acceptors (Lipinski definition) is 1. The van der Waals surface area contributed by atoms with Gasteiger partial charge in [-0.25, -0.2) is 4.39 Å². The molecule has 0 saturated carbocycles. The Hall–Kier alpha value is -0.920. The number of allylic oxidation sites excluding steroid dienone is 4. The smallest absolute Gasteiger partial charge is 0.133 e. The minimum absolute atomic E-state index is 0.116. The molecule has 56 valence electrons. The molecule has 0 amide bonds. The fraction of sp³-hybridized carbons (Fsp3) is 0.375. The molecule has 2 heteroatoms. The van der Waals surface area contributed by atoms with E-state index in [1.54, 1.807) is 18.2 Å². The first kappa shape index (κ1) is 9.08. The van der Waals surface area contributed by atoms with Crippen LogP contribution in [-0.2, 0) is 4.79 Å². The van der Waals surface area contributed by atoms with E-state index < -0.39 is 6.67 Å². The molecule has 0 saturated heterocycles. The van der Waals surface area contributed by atoms with Crippen molar-refractivity contribution in [1.82, 2.24) is 0 Å². The second kappa shape index (κ2) is 6.20. The fourth-order valence-corrected chi connectivity index (χ4v) is 0.443. The second-order valence-corrected chi connectivity index (χ2v) is 1.92. The summed E-state index contributed by atoms with van der Waals surface area (Å²) in [5.74, 6) is 0.116. The quantitative estimate of drug-likeness (QED) is 0.549. The Morgan fingerprint density at radius 3 is 2.50 bits per heavy atom. The Bertz CT molecular complexity index is 147. The number of ketones is 1. The van der Waals surface area contributed by atoms with Crippen LogP contribution in [0.1, 0.15) is 13.3 Å². The normalized spacial score (nSPS) is 11.4. The van der Waals surface area contributed by atoms with Gasteiger partial charge in [-0.2, -0.15) is 0 Å². The van der Waals surface area contributed by atoms with Gasteiger partial charge in [0.2, 0.25) is 0 Å². The minimum atomic E-state index is -0.454. The molecule has 0 aliphatic carbocycles. The van der Waals surface area contributed by atoms with E-state index >= 15 is 0 Å². The zero-order chi connectivity index (χ0) is 7.82. The zero-order valence-electron chi connectivity index (χ0n) is 6.01. The van der Waals surface area contributed by atoms with Crippen molar-refractivity contribution >= 4 is 5.78 Å². The predicted octanol–water partition coefficient (Wildman–Crippen LogP) is 2.05. The van der Waals surface area contributed by atoms with E-state index in [9.17, 15) is 9.18 Å². The number of hydrogen-bond donors (Lipinski definition) is 0. The number of alkyl halides is 1. The van der Waals surface area contributed by atoms with Crippen LogP contribution in [0.2, 0.25) is 0 Å². The molecule has 0 radical (unpaired) electrons. The topological polar surface area (TPSA) is 17.1 Å². The average molecular weight is 142 g/mol. The molecular weight excluding hydrogens is 131 g/mol. The van der Waals surface area contributed by atoms with E-state index in [-0.39, 0.29) is 5.78 Å². The summed E-state index contributed by atoms with van der Waals surface area (Å²) in [5.41, 5.74) is 0. The summed E-state index contributed by atoms with van der Waals surface area (Å²) in [7, 11) is 0. The molecule has 10 heavy (non-hydrogen) atoms. The molecule has 0 heterocycles. The lowest BCUT2D eigenvalue weighted by Gasteiger charge is -1.80. The molecule has 0 fully saturated rings. The Morgan fingerprint density at radius 1 is 1.40 bits per heavy atom. The molecule has 0 spiro atoms. The van der Waals surface area contributed by atoms with Crippen LogP contribution in [0.4, 0.5) is 4.39 Å². The first-order valence-corrected chi connectivity index (χ1v) is 3.14. The van der Waals surface area contributed by atoms with Gasteiger partial charge in [0, 0.05) is 6.42 Å². The van der Waals surface area contributed by atoms with Crippen LogP contribution in [0.5, 0.6) is 0 Å². The third-order valence-electron chi connectivity index (χ3n) is 0.878. The number of rotatable bonds is 4. The summed E-state index contributed by atoms with van der Waals surface area (Å²) in [5, 5.41) is 0. The lowest BCUT2D eigenvalue weighted by atomic mass is 10.3.